The number of nitrogens with two attached hydrogens (primary N) is 1. The number of nitrogens with one attached hydrogen (secondary N) is 1. The van der Waals surface area contributed by atoms with Gasteiger partial charge in [0.1, 0.15) is 0 Å². The third kappa shape index (κ3) is 3.07. The number of aryl methyl sites for hydroxylation is 1. The summed E-state index contributed by atoms with van der Waals surface area (Å²) in [5, 5.41) is 0. The Labute approximate surface area is 114 Å². The number of carbonyl (C=O) groups excluding carboxylic acids is 1. The van der Waals surface area contributed by atoms with Crippen LogP contribution in [0.15, 0.2) is 18.2 Å². The van der Waals surface area contributed by atoms with Gasteiger partial charge in [-0.25, -0.2) is 0 Å². The minimum Gasteiger partial charge on any atom is -0.338 e. The van der Waals surface area contributed by atoms with Crippen molar-refractivity contribution in [2.45, 2.75) is 33.6 Å². The lowest BCUT2D eigenvalue weighted by atomic mass is 9.84. The van der Waals surface area contributed by atoms with Crippen LogP contribution in [0.25, 0.3) is 0 Å². The van der Waals surface area contributed by atoms with Crippen LogP contribution in [-0.4, -0.2) is 23.9 Å². The zero-order chi connectivity index (χ0) is 14.0. The summed E-state index contributed by atoms with van der Waals surface area (Å²) >= 11 is 0. The zero-order valence-electron chi connectivity index (χ0n) is 12.0. The average Bonchev–Trinajstić information content (AvgIpc) is 2.36. The molecule has 4 heteroatoms. The van der Waals surface area contributed by atoms with Crippen LogP contribution in [0.4, 0.5) is 5.69 Å². The molecule has 2 rings (SSSR count). The van der Waals surface area contributed by atoms with Crippen LogP contribution in [0.1, 0.15) is 42.6 Å². The molecule has 1 aromatic carbocycles. The molecule has 1 heterocycles. The number of anilines is 1. The summed E-state index contributed by atoms with van der Waals surface area (Å²) < 4.78 is 0. The molecule has 104 valence electrons. The van der Waals surface area contributed by atoms with Crippen LogP contribution in [-0.2, 0) is 0 Å². The number of carbonyl (C=O) groups is 1. The van der Waals surface area contributed by atoms with Gasteiger partial charge in [-0.05, 0) is 48.9 Å². The molecule has 3 N–H and O–H groups in total. The first kappa shape index (κ1) is 13.9. The van der Waals surface area contributed by atoms with E-state index in [4.69, 9.17) is 5.84 Å². The minimum absolute atomic E-state index is 0.124. The van der Waals surface area contributed by atoms with Crippen molar-refractivity contribution >= 4 is 11.6 Å². The van der Waals surface area contributed by atoms with Crippen molar-refractivity contribution in [2.24, 2.45) is 11.3 Å². The van der Waals surface area contributed by atoms with Crippen molar-refractivity contribution in [3.63, 3.8) is 0 Å². The number of nitrogen functional groups attached to an aromatic ring is 1. The largest absolute Gasteiger partial charge is 0.338 e. The Morgan fingerprint density at radius 3 is 2.74 bits per heavy atom. The first-order chi connectivity index (χ1) is 8.93. The van der Waals surface area contributed by atoms with Crippen molar-refractivity contribution in [1.82, 2.24) is 4.90 Å². The number of hydrogen-bond donors (Lipinski definition) is 2. The molecule has 19 heavy (non-hydrogen) atoms. The number of benzene rings is 1. The van der Waals surface area contributed by atoms with Crippen LogP contribution >= 0.6 is 0 Å². The average molecular weight is 261 g/mol. The summed E-state index contributed by atoms with van der Waals surface area (Å²) in [7, 11) is 0. The summed E-state index contributed by atoms with van der Waals surface area (Å²) in [6.45, 7) is 8.09. The molecule has 0 saturated carbocycles. The predicted molar refractivity (Wildman–Crippen MR) is 77.9 cm³/mol. The summed E-state index contributed by atoms with van der Waals surface area (Å²) in [4.78, 5) is 14.5. The standard InChI is InChI=1S/C15H23N3O/c1-11-9-12(5-6-13(11)17-16)14(19)18-8-4-7-15(2,3)10-18/h5-6,9,17H,4,7-8,10,16H2,1-3H3. The number of piperidine rings is 1. The lowest BCUT2D eigenvalue weighted by Crippen LogP contribution is -2.43. The Balaban J connectivity index is 2.17. The Kier molecular flexibility index (Phi) is 3.80. The second kappa shape index (κ2) is 5.21. The SMILES string of the molecule is Cc1cc(C(=O)N2CCCC(C)(C)C2)ccc1NN. The highest BCUT2D eigenvalue weighted by Gasteiger charge is 2.29. The van der Waals surface area contributed by atoms with E-state index < -0.39 is 0 Å². The van der Waals surface area contributed by atoms with Gasteiger partial charge in [0.05, 0.1) is 5.69 Å². The topological polar surface area (TPSA) is 58.4 Å². The van der Waals surface area contributed by atoms with Gasteiger partial charge >= 0.3 is 0 Å². The molecular formula is C15H23N3O. The monoisotopic (exact) mass is 261 g/mol. The van der Waals surface area contributed by atoms with Gasteiger partial charge in [-0.2, -0.15) is 0 Å². The fourth-order valence-corrected chi connectivity index (χ4v) is 2.74. The first-order valence-electron chi connectivity index (χ1n) is 6.79. The fourth-order valence-electron chi connectivity index (χ4n) is 2.74. The Morgan fingerprint density at radius 1 is 1.42 bits per heavy atom. The third-order valence-electron chi connectivity index (χ3n) is 3.82. The number of nitrogens with zero attached hydrogens (tertiary/aromatic N) is 1. The lowest BCUT2D eigenvalue weighted by molar-refractivity contribution is 0.0583. The van der Waals surface area contributed by atoms with E-state index in [1.54, 1.807) is 0 Å². The first-order valence-corrected chi connectivity index (χ1v) is 6.79. The van der Waals surface area contributed by atoms with E-state index in [2.05, 4.69) is 19.3 Å². The van der Waals surface area contributed by atoms with Gasteiger partial charge in [0.2, 0.25) is 0 Å². The zero-order valence-corrected chi connectivity index (χ0v) is 12.0. The van der Waals surface area contributed by atoms with E-state index in [0.29, 0.717) is 0 Å². The smallest absolute Gasteiger partial charge is 0.253 e. The lowest BCUT2D eigenvalue weighted by Gasteiger charge is -2.38. The van der Waals surface area contributed by atoms with Crippen LogP contribution in [0.3, 0.4) is 0 Å². The van der Waals surface area contributed by atoms with Crippen molar-refractivity contribution in [3.8, 4) is 0 Å². The molecule has 0 unspecified atom stereocenters. The molecule has 1 aliphatic rings. The van der Waals surface area contributed by atoms with Gasteiger partial charge in [0, 0.05) is 18.7 Å². The number of rotatable bonds is 2. The summed E-state index contributed by atoms with van der Waals surface area (Å²) in [5.41, 5.74) is 5.45. The van der Waals surface area contributed by atoms with Crippen LogP contribution in [0.5, 0.6) is 0 Å². The quantitative estimate of drug-likeness (QED) is 0.635. The number of hydrogen-bond acceptors (Lipinski definition) is 3. The van der Waals surface area contributed by atoms with Crippen molar-refractivity contribution in [1.29, 1.82) is 0 Å². The van der Waals surface area contributed by atoms with Crippen molar-refractivity contribution < 1.29 is 4.79 Å². The molecule has 1 fully saturated rings. The highest BCUT2D eigenvalue weighted by Crippen LogP contribution is 2.29. The molecule has 0 spiro atoms. The van der Waals surface area contributed by atoms with E-state index in [0.717, 1.165) is 36.3 Å². The van der Waals surface area contributed by atoms with Crippen LogP contribution in [0.2, 0.25) is 0 Å². The van der Waals surface area contributed by atoms with E-state index >= 15 is 0 Å². The van der Waals surface area contributed by atoms with Gasteiger partial charge < -0.3 is 10.3 Å². The second-order valence-electron chi connectivity index (χ2n) is 6.17. The molecule has 1 aromatic rings. The molecule has 1 saturated heterocycles. The molecule has 0 atom stereocenters. The van der Waals surface area contributed by atoms with Crippen molar-refractivity contribution in [3.05, 3.63) is 29.3 Å². The molecule has 0 aromatic heterocycles. The predicted octanol–water partition coefficient (Wildman–Crippen LogP) is 2.54. The van der Waals surface area contributed by atoms with E-state index in [-0.39, 0.29) is 11.3 Å². The summed E-state index contributed by atoms with van der Waals surface area (Å²) in [6, 6.07) is 5.60. The Morgan fingerprint density at radius 2 is 2.16 bits per heavy atom. The number of hydrazine groups is 1. The van der Waals surface area contributed by atoms with Crippen molar-refractivity contribution in [2.75, 3.05) is 18.5 Å². The van der Waals surface area contributed by atoms with Gasteiger partial charge in [0.25, 0.3) is 5.91 Å². The van der Waals surface area contributed by atoms with Gasteiger partial charge in [0.15, 0.2) is 0 Å². The van der Waals surface area contributed by atoms with Gasteiger partial charge in [-0.1, -0.05) is 13.8 Å². The minimum atomic E-state index is 0.124. The summed E-state index contributed by atoms with van der Waals surface area (Å²) in [6.07, 6.45) is 2.27. The molecule has 0 bridgehead atoms. The van der Waals surface area contributed by atoms with Crippen LogP contribution in [0, 0.1) is 12.3 Å². The molecule has 0 aliphatic carbocycles. The van der Waals surface area contributed by atoms with Crippen LogP contribution < -0.4 is 11.3 Å². The normalized spacial score (nSPS) is 18.2. The van der Waals surface area contributed by atoms with E-state index in [1.807, 2.05) is 30.0 Å². The highest BCUT2D eigenvalue weighted by atomic mass is 16.2. The van der Waals surface area contributed by atoms with E-state index in [1.165, 1.54) is 6.42 Å². The van der Waals surface area contributed by atoms with E-state index in [9.17, 15) is 4.79 Å². The third-order valence-corrected chi connectivity index (χ3v) is 3.82. The molecule has 1 amide bonds. The molecule has 0 radical (unpaired) electrons. The number of amides is 1. The molecule has 4 nitrogen and oxygen atoms in total. The highest BCUT2D eigenvalue weighted by molar-refractivity contribution is 5.95. The Hall–Kier alpha value is -1.55. The number of likely N-dealkylation sites (tertiary alicyclic amines) is 1. The summed E-state index contributed by atoms with van der Waals surface area (Å²) in [5.74, 6) is 5.53. The fraction of sp³-hybridized carbons (Fsp3) is 0.533. The van der Waals surface area contributed by atoms with Gasteiger partial charge in [-0.15, -0.1) is 0 Å². The maximum atomic E-state index is 12.5. The second-order valence-corrected chi connectivity index (χ2v) is 6.17. The molecule has 1 aliphatic heterocycles. The maximum absolute atomic E-state index is 12.5. The molecular weight excluding hydrogens is 238 g/mol. The maximum Gasteiger partial charge on any atom is 0.253 e. The Bertz CT molecular complexity index is 482. The van der Waals surface area contributed by atoms with Gasteiger partial charge in [-0.3, -0.25) is 10.6 Å².